The number of aliphatic hydroxyl groups is 1. The fourth-order valence-corrected chi connectivity index (χ4v) is 2.75. The molecule has 2 atom stereocenters. The van der Waals surface area contributed by atoms with Crippen molar-refractivity contribution in [3.05, 3.63) is 35.9 Å². The molecule has 2 nitrogen and oxygen atoms in total. The van der Waals surface area contributed by atoms with Crippen LogP contribution >= 0.6 is 0 Å². The fraction of sp³-hybridized carbons (Fsp3) is 0.600. The summed E-state index contributed by atoms with van der Waals surface area (Å²) in [6, 6.07) is 11.2. The van der Waals surface area contributed by atoms with Crippen molar-refractivity contribution in [3.63, 3.8) is 0 Å². The number of β-amino-alcohol motifs (C(OH)–C–C–N with tert-alkyl or cyclic N) is 1. The van der Waals surface area contributed by atoms with E-state index in [4.69, 9.17) is 0 Å². The zero-order valence-electron chi connectivity index (χ0n) is 10.7. The minimum Gasteiger partial charge on any atom is -0.392 e. The summed E-state index contributed by atoms with van der Waals surface area (Å²) in [6.45, 7) is 4.05. The highest BCUT2D eigenvalue weighted by Gasteiger charge is 2.26. The lowest BCUT2D eigenvalue weighted by Gasteiger charge is -2.38. The summed E-state index contributed by atoms with van der Waals surface area (Å²) in [7, 11) is 0. The Morgan fingerprint density at radius 3 is 2.71 bits per heavy atom. The Morgan fingerprint density at radius 2 is 2.00 bits per heavy atom. The third-order valence-corrected chi connectivity index (χ3v) is 3.65. The molecule has 1 N–H and O–H groups in total. The summed E-state index contributed by atoms with van der Waals surface area (Å²) >= 11 is 0. The molecule has 17 heavy (non-hydrogen) atoms. The number of hydrogen-bond acceptors (Lipinski definition) is 2. The van der Waals surface area contributed by atoms with Crippen molar-refractivity contribution < 1.29 is 5.11 Å². The van der Waals surface area contributed by atoms with E-state index in [2.05, 4.69) is 42.2 Å². The molecule has 2 rings (SSSR count). The van der Waals surface area contributed by atoms with Crippen LogP contribution in [0.1, 0.15) is 38.2 Å². The number of aliphatic hydroxyl groups excluding tert-OH is 1. The van der Waals surface area contributed by atoms with Gasteiger partial charge >= 0.3 is 0 Å². The highest BCUT2D eigenvalue weighted by Crippen LogP contribution is 2.23. The van der Waals surface area contributed by atoms with Crippen molar-refractivity contribution in [3.8, 4) is 0 Å². The first-order valence-corrected chi connectivity index (χ1v) is 6.75. The maximum atomic E-state index is 9.80. The molecule has 0 aliphatic carbocycles. The largest absolute Gasteiger partial charge is 0.392 e. The fourth-order valence-electron chi connectivity index (χ4n) is 2.75. The van der Waals surface area contributed by atoms with Crippen molar-refractivity contribution in [1.82, 2.24) is 4.90 Å². The zero-order chi connectivity index (χ0) is 12.1. The lowest BCUT2D eigenvalue weighted by molar-refractivity contribution is 0.0272. The van der Waals surface area contributed by atoms with Crippen molar-refractivity contribution in [2.24, 2.45) is 0 Å². The summed E-state index contributed by atoms with van der Waals surface area (Å²) in [6.07, 6.45) is 4.45. The van der Waals surface area contributed by atoms with Crippen molar-refractivity contribution in [1.29, 1.82) is 0 Å². The van der Waals surface area contributed by atoms with Gasteiger partial charge in [0.05, 0.1) is 6.10 Å². The Hall–Kier alpha value is -0.860. The first-order valence-electron chi connectivity index (χ1n) is 6.75. The van der Waals surface area contributed by atoms with Gasteiger partial charge in [0.1, 0.15) is 0 Å². The number of likely N-dealkylation sites (tertiary alicyclic amines) is 1. The smallest absolute Gasteiger partial charge is 0.0668 e. The molecule has 0 amide bonds. The second kappa shape index (κ2) is 6.18. The van der Waals surface area contributed by atoms with E-state index in [1.807, 2.05) is 0 Å². The molecule has 1 heterocycles. The maximum Gasteiger partial charge on any atom is 0.0668 e. The Morgan fingerprint density at radius 1 is 1.24 bits per heavy atom. The SMILES string of the molecule is CCC[C@H]1CC[C@H](O)CN1Cc1ccccc1. The predicted octanol–water partition coefficient (Wildman–Crippen LogP) is 2.81. The van der Waals surface area contributed by atoms with Gasteiger partial charge in [-0.1, -0.05) is 43.7 Å². The average molecular weight is 233 g/mol. The van der Waals surface area contributed by atoms with Crippen LogP contribution in [0.3, 0.4) is 0 Å². The quantitative estimate of drug-likeness (QED) is 0.864. The zero-order valence-corrected chi connectivity index (χ0v) is 10.7. The second-order valence-corrected chi connectivity index (χ2v) is 5.09. The van der Waals surface area contributed by atoms with Gasteiger partial charge in [0.15, 0.2) is 0 Å². The van der Waals surface area contributed by atoms with Crippen LogP contribution in [-0.4, -0.2) is 28.7 Å². The molecule has 1 aliphatic heterocycles. The van der Waals surface area contributed by atoms with Gasteiger partial charge in [-0.2, -0.15) is 0 Å². The minimum atomic E-state index is -0.133. The predicted molar refractivity (Wildman–Crippen MR) is 70.8 cm³/mol. The van der Waals surface area contributed by atoms with Gasteiger partial charge in [-0.3, -0.25) is 4.90 Å². The Bertz CT molecular complexity index is 325. The van der Waals surface area contributed by atoms with Gasteiger partial charge in [0, 0.05) is 19.1 Å². The van der Waals surface area contributed by atoms with Crippen LogP contribution in [0, 0.1) is 0 Å². The van der Waals surface area contributed by atoms with Crippen molar-refractivity contribution in [2.45, 2.75) is 51.3 Å². The molecular weight excluding hydrogens is 210 g/mol. The molecule has 0 bridgehead atoms. The molecule has 0 spiro atoms. The van der Waals surface area contributed by atoms with E-state index in [1.165, 1.54) is 18.4 Å². The molecule has 2 heteroatoms. The van der Waals surface area contributed by atoms with Crippen molar-refractivity contribution >= 4 is 0 Å². The van der Waals surface area contributed by atoms with Crippen LogP contribution in [0.25, 0.3) is 0 Å². The number of benzene rings is 1. The molecular formula is C15H23NO. The van der Waals surface area contributed by atoms with Crippen LogP contribution < -0.4 is 0 Å². The number of piperidine rings is 1. The molecule has 1 aromatic carbocycles. The molecule has 0 saturated carbocycles. The van der Waals surface area contributed by atoms with E-state index < -0.39 is 0 Å². The first kappa shape index (κ1) is 12.6. The maximum absolute atomic E-state index is 9.80. The molecule has 0 aromatic heterocycles. The molecule has 1 fully saturated rings. The van der Waals surface area contributed by atoms with Crippen molar-refractivity contribution in [2.75, 3.05) is 6.54 Å². The van der Waals surface area contributed by atoms with E-state index in [-0.39, 0.29) is 6.10 Å². The van der Waals surface area contributed by atoms with E-state index in [0.29, 0.717) is 6.04 Å². The summed E-state index contributed by atoms with van der Waals surface area (Å²) in [5.41, 5.74) is 1.35. The normalized spacial score (nSPS) is 26.0. The monoisotopic (exact) mass is 233 g/mol. The van der Waals surface area contributed by atoms with E-state index in [9.17, 15) is 5.11 Å². The molecule has 1 aromatic rings. The lowest BCUT2D eigenvalue weighted by Crippen LogP contribution is -2.44. The minimum absolute atomic E-state index is 0.133. The van der Waals surface area contributed by atoms with Crippen LogP contribution in [0.15, 0.2) is 30.3 Å². The molecule has 1 aliphatic rings. The Kier molecular flexibility index (Phi) is 4.57. The Labute approximate surface area is 104 Å². The topological polar surface area (TPSA) is 23.5 Å². The summed E-state index contributed by atoms with van der Waals surface area (Å²) < 4.78 is 0. The van der Waals surface area contributed by atoms with Gasteiger partial charge in [-0.15, -0.1) is 0 Å². The third kappa shape index (κ3) is 3.55. The standard InChI is InChI=1S/C15H23NO/c1-2-6-14-9-10-15(17)12-16(14)11-13-7-4-3-5-8-13/h3-5,7-8,14-15,17H,2,6,9-12H2,1H3/t14-,15-/m0/s1. The highest BCUT2D eigenvalue weighted by atomic mass is 16.3. The number of nitrogens with zero attached hydrogens (tertiary/aromatic N) is 1. The average Bonchev–Trinajstić information content (AvgIpc) is 2.34. The summed E-state index contributed by atoms with van der Waals surface area (Å²) in [5.74, 6) is 0. The summed E-state index contributed by atoms with van der Waals surface area (Å²) in [4.78, 5) is 2.45. The van der Waals surface area contributed by atoms with Gasteiger partial charge in [-0.05, 0) is 24.8 Å². The van der Waals surface area contributed by atoms with Gasteiger partial charge < -0.3 is 5.11 Å². The molecule has 1 saturated heterocycles. The first-order chi connectivity index (χ1) is 8.29. The Balaban J connectivity index is 1.99. The van der Waals surface area contributed by atoms with Gasteiger partial charge in [-0.25, -0.2) is 0 Å². The summed E-state index contributed by atoms with van der Waals surface area (Å²) in [5, 5.41) is 9.80. The van der Waals surface area contributed by atoms with E-state index in [1.54, 1.807) is 0 Å². The van der Waals surface area contributed by atoms with Crippen LogP contribution in [-0.2, 0) is 6.54 Å². The third-order valence-electron chi connectivity index (χ3n) is 3.65. The second-order valence-electron chi connectivity index (χ2n) is 5.09. The lowest BCUT2D eigenvalue weighted by atomic mass is 9.96. The number of rotatable bonds is 4. The number of hydrogen-bond donors (Lipinski definition) is 1. The van der Waals surface area contributed by atoms with Crippen LogP contribution in [0.2, 0.25) is 0 Å². The molecule has 0 unspecified atom stereocenters. The van der Waals surface area contributed by atoms with E-state index >= 15 is 0 Å². The van der Waals surface area contributed by atoms with Gasteiger partial charge in [0.25, 0.3) is 0 Å². The van der Waals surface area contributed by atoms with Crippen LogP contribution in [0.4, 0.5) is 0 Å². The van der Waals surface area contributed by atoms with Crippen LogP contribution in [0.5, 0.6) is 0 Å². The molecule has 94 valence electrons. The highest BCUT2D eigenvalue weighted by molar-refractivity contribution is 5.14. The van der Waals surface area contributed by atoms with Gasteiger partial charge in [0.2, 0.25) is 0 Å². The molecule has 0 radical (unpaired) electrons. The van der Waals surface area contributed by atoms with E-state index in [0.717, 1.165) is 25.9 Å².